The first kappa shape index (κ1) is 19.1. The van der Waals surface area contributed by atoms with Gasteiger partial charge < -0.3 is 19.6 Å². The van der Waals surface area contributed by atoms with Crippen molar-refractivity contribution in [1.29, 1.82) is 0 Å². The van der Waals surface area contributed by atoms with Gasteiger partial charge in [-0.25, -0.2) is 0 Å². The largest absolute Gasteiger partial charge is 0.481 e. The monoisotopic (exact) mass is 376 g/mol. The van der Waals surface area contributed by atoms with Crippen LogP contribution < -0.4 is 4.74 Å². The zero-order valence-electron chi connectivity index (χ0n) is 13.5. The molecule has 10 heteroatoms. The van der Waals surface area contributed by atoms with E-state index in [1.54, 1.807) is 0 Å². The summed E-state index contributed by atoms with van der Waals surface area (Å²) >= 11 is 0.943. The molecule has 2 heterocycles. The molecule has 1 saturated heterocycles. The molecule has 7 nitrogen and oxygen atoms in total. The Morgan fingerprint density at radius 2 is 2.20 bits per heavy atom. The topological polar surface area (TPSA) is 87.2 Å². The first-order valence-corrected chi connectivity index (χ1v) is 8.46. The maximum atomic E-state index is 12.3. The van der Waals surface area contributed by atoms with Crippen molar-refractivity contribution < 1.29 is 33.0 Å². The molecule has 0 saturated carbocycles. The van der Waals surface area contributed by atoms with Crippen LogP contribution in [0.1, 0.15) is 22.5 Å². The second-order valence-corrected chi connectivity index (χ2v) is 6.59. The number of rotatable bonds is 6. The van der Waals surface area contributed by atoms with E-state index in [0.29, 0.717) is 19.4 Å². The van der Waals surface area contributed by atoms with Crippen molar-refractivity contribution in [2.75, 3.05) is 26.7 Å². The molecular formula is C15H18F2N2O5S. The smallest absolute Gasteiger partial charge is 0.387 e. The highest BCUT2D eigenvalue weighted by Crippen LogP contribution is 2.27. The molecule has 1 aliphatic rings. The molecule has 25 heavy (non-hydrogen) atoms. The second kappa shape index (κ2) is 8.24. The van der Waals surface area contributed by atoms with Gasteiger partial charge in [0.1, 0.15) is 10.6 Å². The maximum Gasteiger partial charge on any atom is 0.387 e. The van der Waals surface area contributed by atoms with Crippen LogP contribution in [-0.4, -0.2) is 66.0 Å². The molecule has 1 N–H and O–H groups in total. The van der Waals surface area contributed by atoms with Crippen LogP contribution in [0.3, 0.4) is 0 Å². The highest BCUT2D eigenvalue weighted by atomic mass is 32.1. The summed E-state index contributed by atoms with van der Waals surface area (Å²) in [6.45, 7) is -2.77. The molecule has 0 aromatic carbocycles. The minimum absolute atomic E-state index is 0.0161. The van der Waals surface area contributed by atoms with E-state index in [1.807, 2.05) is 0 Å². The number of alkyl halides is 2. The van der Waals surface area contributed by atoms with E-state index >= 15 is 0 Å². The number of aliphatic carboxylic acids is 1. The number of nitrogens with zero attached hydrogens (tertiary/aromatic N) is 2. The zero-order valence-corrected chi connectivity index (χ0v) is 14.3. The zero-order chi connectivity index (χ0) is 18.6. The number of thiophene rings is 1. The SMILES string of the molecule is CN(CC(=O)N1CCCC(C(=O)O)C1)C(=O)c1sccc1OC(F)F. The molecule has 0 radical (unpaired) electrons. The normalized spacial score (nSPS) is 17.4. The van der Waals surface area contributed by atoms with Gasteiger partial charge in [0, 0.05) is 20.1 Å². The molecule has 0 spiro atoms. The number of piperidine rings is 1. The van der Waals surface area contributed by atoms with Crippen LogP contribution in [0.15, 0.2) is 11.4 Å². The summed E-state index contributed by atoms with van der Waals surface area (Å²) in [5.41, 5.74) is 0. The summed E-state index contributed by atoms with van der Waals surface area (Å²) < 4.78 is 29.0. The van der Waals surface area contributed by atoms with Crippen LogP contribution in [0.25, 0.3) is 0 Å². The lowest BCUT2D eigenvalue weighted by atomic mass is 9.98. The molecule has 138 valence electrons. The van der Waals surface area contributed by atoms with Crippen LogP contribution in [0.5, 0.6) is 5.75 Å². The quantitative estimate of drug-likeness (QED) is 0.817. The molecule has 1 atom stereocenters. The summed E-state index contributed by atoms with van der Waals surface area (Å²) in [5.74, 6) is -2.77. The number of carboxylic acid groups (broad SMARTS) is 1. The van der Waals surface area contributed by atoms with Crippen molar-refractivity contribution in [2.24, 2.45) is 5.92 Å². The average molecular weight is 376 g/mol. The average Bonchev–Trinajstić information content (AvgIpc) is 3.01. The summed E-state index contributed by atoms with van der Waals surface area (Å²) in [6, 6.07) is 1.27. The Hall–Kier alpha value is -2.23. The van der Waals surface area contributed by atoms with Crippen LogP contribution in [0.4, 0.5) is 8.78 Å². The number of carboxylic acids is 1. The fraction of sp³-hybridized carbons (Fsp3) is 0.533. The minimum atomic E-state index is -3.05. The van der Waals surface area contributed by atoms with Gasteiger partial charge in [0.05, 0.1) is 12.5 Å². The number of carbonyl (C=O) groups is 3. The molecule has 0 bridgehead atoms. The van der Waals surface area contributed by atoms with Gasteiger partial charge in [0.15, 0.2) is 0 Å². The number of halogens is 2. The van der Waals surface area contributed by atoms with Gasteiger partial charge in [-0.15, -0.1) is 11.3 Å². The van der Waals surface area contributed by atoms with E-state index in [9.17, 15) is 23.2 Å². The second-order valence-electron chi connectivity index (χ2n) is 5.67. The fourth-order valence-electron chi connectivity index (χ4n) is 2.60. The molecule has 1 fully saturated rings. The van der Waals surface area contributed by atoms with E-state index in [-0.39, 0.29) is 29.6 Å². The van der Waals surface area contributed by atoms with E-state index in [0.717, 1.165) is 16.2 Å². The number of amides is 2. The molecule has 2 amide bonds. The van der Waals surface area contributed by atoms with Gasteiger partial charge in [-0.1, -0.05) is 0 Å². The van der Waals surface area contributed by atoms with Crippen molar-refractivity contribution in [1.82, 2.24) is 9.80 Å². The van der Waals surface area contributed by atoms with Gasteiger partial charge in [-0.2, -0.15) is 8.78 Å². The number of likely N-dealkylation sites (tertiary alicyclic amines) is 1. The van der Waals surface area contributed by atoms with Gasteiger partial charge in [-0.05, 0) is 24.3 Å². The van der Waals surface area contributed by atoms with Crippen LogP contribution in [0, 0.1) is 5.92 Å². The van der Waals surface area contributed by atoms with Crippen molar-refractivity contribution in [3.63, 3.8) is 0 Å². The molecule has 1 aromatic heterocycles. The van der Waals surface area contributed by atoms with Crippen molar-refractivity contribution >= 4 is 29.1 Å². The highest BCUT2D eigenvalue weighted by molar-refractivity contribution is 7.12. The lowest BCUT2D eigenvalue weighted by molar-refractivity contribution is -0.145. The molecule has 0 aliphatic carbocycles. The molecule has 1 unspecified atom stereocenters. The van der Waals surface area contributed by atoms with Gasteiger partial charge in [0.25, 0.3) is 5.91 Å². The lowest BCUT2D eigenvalue weighted by Crippen LogP contribution is -2.46. The predicted octanol–water partition coefficient (Wildman–Crippen LogP) is 1.74. The minimum Gasteiger partial charge on any atom is -0.481 e. The number of carbonyl (C=O) groups excluding carboxylic acids is 2. The summed E-state index contributed by atoms with van der Waals surface area (Å²) in [6.07, 6.45) is 1.09. The van der Waals surface area contributed by atoms with E-state index < -0.39 is 24.4 Å². The Bertz CT molecular complexity index is 652. The van der Waals surface area contributed by atoms with Crippen molar-refractivity contribution in [3.05, 3.63) is 16.3 Å². The van der Waals surface area contributed by atoms with Gasteiger partial charge in [0.2, 0.25) is 5.91 Å². The predicted molar refractivity (Wildman–Crippen MR) is 84.9 cm³/mol. The Morgan fingerprint density at radius 3 is 2.84 bits per heavy atom. The standard InChI is InChI=1S/C15H18F2N2O5S/c1-18(13(21)12-10(4-6-25-12)24-15(16)17)8-11(20)19-5-2-3-9(7-19)14(22)23/h4,6,9,15H,2-3,5,7-8H2,1H3,(H,22,23). The van der Waals surface area contributed by atoms with Crippen molar-refractivity contribution in [3.8, 4) is 5.75 Å². The third kappa shape index (κ3) is 4.88. The van der Waals surface area contributed by atoms with Crippen LogP contribution in [-0.2, 0) is 9.59 Å². The van der Waals surface area contributed by atoms with Crippen LogP contribution >= 0.6 is 11.3 Å². The molecular weight excluding hydrogens is 358 g/mol. The van der Waals surface area contributed by atoms with E-state index in [4.69, 9.17) is 5.11 Å². The third-order valence-electron chi connectivity index (χ3n) is 3.88. The molecule has 1 aliphatic heterocycles. The first-order chi connectivity index (χ1) is 11.8. The van der Waals surface area contributed by atoms with Gasteiger partial charge >= 0.3 is 12.6 Å². The highest BCUT2D eigenvalue weighted by Gasteiger charge is 2.29. The molecule has 2 rings (SSSR count). The lowest BCUT2D eigenvalue weighted by Gasteiger charge is -2.32. The third-order valence-corrected chi connectivity index (χ3v) is 4.77. The maximum absolute atomic E-state index is 12.3. The number of ether oxygens (including phenoxy) is 1. The first-order valence-electron chi connectivity index (χ1n) is 7.58. The Balaban J connectivity index is 1.98. The van der Waals surface area contributed by atoms with E-state index in [2.05, 4.69) is 4.74 Å². The van der Waals surface area contributed by atoms with E-state index in [1.165, 1.54) is 23.4 Å². The Morgan fingerprint density at radius 1 is 1.48 bits per heavy atom. The number of likely N-dealkylation sites (N-methyl/N-ethyl adjacent to an activating group) is 1. The summed E-state index contributed by atoms with van der Waals surface area (Å²) in [4.78, 5) is 38.2. The van der Waals surface area contributed by atoms with Crippen molar-refractivity contribution in [2.45, 2.75) is 19.5 Å². The summed E-state index contributed by atoms with van der Waals surface area (Å²) in [7, 11) is 1.38. The van der Waals surface area contributed by atoms with Gasteiger partial charge in [-0.3, -0.25) is 14.4 Å². The van der Waals surface area contributed by atoms with Crippen LogP contribution in [0.2, 0.25) is 0 Å². The molecule has 1 aromatic rings. The fourth-order valence-corrected chi connectivity index (χ4v) is 3.41. The number of hydrogen-bond donors (Lipinski definition) is 1. The summed E-state index contributed by atoms with van der Waals surface area (Å²) in [5, 5.41) is 10.5. The number of hydrogen-bond acceptors (Lipinski definition) is 5. The Kier molecular flexibility index (Phi) is 6.29. The Labute approximate surface area is 146 Å².